The third-order valence-electron chi connectivity index (χ3n) is 2.85. The summed E-state index contributed by atoms with van der Waals surface area (Å²) in [5.74, 6) is 1.54. The van der Waals surface area contributed by atoms with Gasteiger partial charge in [-0.25, -0.2) is 0 Å². The number of nitrogens with one attached hydrogen (secondary N) is 2. The smallest absolute Gasteiger partial charge is 0.122 e. The molecule has 0 amide bonds. The predicted octanol–water partition coefficient (Wildman–Crippen LogP) is 2.13. The summed E-state index contributed by atoms with van der Waals surface area (Å²) in [6.45, 7) is 6.19. The molecule has 0 aliphatic rings. The van der Waals surface area contributed by atoms with Gasteiger partial charge in [-0.2, -0.15) is 0 Å². The third-order valence-corrected chi connectivity index (χ3v) is 2.85. The van der Waals surface area contributed by atoms with Crippen molar-refractivity contribution in [1.29, 1.82) is 0 Å². The molecule has 0 aliphatic heterocycles. The van der Waals surface area contributed by atoms with Crippen LogP contribution >= 0.6 is 0 Å². The minimum absolute atomic E-state index is 0.542. The number of methoxy groups -OCH3 is 1. The zero-order valence-electron chi connectivity index (χ0n) is 11.3. The highest BCUT2D eigenvalue weighted by Crippen LogP contribution is 2.24. The maximum Gasteiger partial charge on any atom is 0.122 e. The fraction of sp³-hybridized carbons (Fsp3) is 0.571. The summed E-state index contributed by atoms with van der Waals surface area (Å²) in [6, 6.07) is 6.52. The lowest BCUT2D eigenvalue weighted by Gasteiger charge is -2.13. The van der Waals surface area contributed by atoms with Gasteiger partial charge >= 0.3 is 0 Å². The maximum atomic E-state index is 5.45. The van der Waals surface area contributed by atoms with Crippen LogP contribution in [-0.4, -0.2) is 27.4 Å². The number of hydrogen-bond donors (Lipinski definition) is 2. The summed E-state index contributed by atoms with van der Waals surface area (Å²) < 4.78 is 5.45. The van der Waals surface area contributed by atoms with Crippen molar-refractivity contribution < 1.29 is 4.74 Å². The van der Waals surface area contributed by atoms with Gasteiger partial charge < -0.3 is 15.4 Å². The lowest BCUT2D eigenvalue weighted by atomic mass is 10.00. The largest absolute Gasteiger partial charge is 0.496 e. The van der Waals surface area contributed by atoms with Crippen molar-refractivity contribution in [3.05, 3.63) is 29.3 Å². The Morgan fingerprint density at radius 3 is 2.65 bits per heavy atom. The average Bonchev–Trinajstić information content (AvgIpc) is 2.34. The molecule has 1 rings (SSSR count). The Morgan fingerprint density at radius 1 is 1.29 bits per heavy atom. The minimum atomic E-state index is 0.542. The van der Waals surface area contributed by atoms with Crippen LogP contribution in [-0.2, 0) is 6.42 Å². The van der Waals surface area contributed by atoms with E-state index in [1.807, 2.05) is 7.05 Å². The van der Waals surface area contributed by atoms with E-state index in [1.54, 1.807) is 7.11 Å². The van der Waals surface area contributed by atoms with Crippen LogP contribution in [0.5, 0.6) is 5.75 Å². The van der Waals surface area contributed by atoms with Crippen LogP contribution in [0.2, 0.25) is 0 Å². The molecule has 0 heterocycles. The molecule has 0 bridgehead atoms. The van der Waals surface area contributed by atoms with Gasteiger partial charge in [-0.3, -0.25) is 0 Å². The van der Waals surface area contributed by atoms with Crippen molar-refractivity contribution in [3.8, 4) is 5.75 Å². The monoisotopic (exact) mass is 236 g/mol. The second-order valence-electron chi connectivity index (χ2n) is 4.51. The fourth-order valence-electron chi connectivity index (χ4n) is 1.76. The molecule has 0 aliphatic carbocycles. The predicted molar refractivity (Wildman–Crippen MR) is 72.7 cm³/mol. The lowest BCUT2D eigenvalue weighted by molar-refractivity contribution is 0.408. The molecule has 17 heavy (non-hydrogen) atoms. The van der Waals surface area contributed by atoms with Gasteiger partial charge in [0, 0.05) is 13.2 Å². The first kappa shape index (κ1) is 14.0. The molecule has 96 valence electrons. The van der Waals surface area contributed by atoms with Gasteiger partial charge in [0.1, 0.15) is 5.75 Å². The maximum absolute atomic E-state index is 5.45. The molecule has 0 atom stereocenters. The minimum Gasteiger partial charge on any atom is -0.496 e. The quantitative estimate of drug-likeness (QED) is 0.562. The summed E-state index contributed by atoms with van der Waals surface area (Å²) in [5, 5.41) is 6.37. The SMILES string of the molecule is CNCNCCc1ccc(C(C)C)cc1OC. The highest BCUT2D eigenvalue weighted by atomic mass is 16.5. The van der Waals surface area contributed by atoms with Gasteiger partial charge in [-0.1, -0.05) is 26.0 Å². The Morgan fingerprint density at radius 2 is 2.06 bits per heavy atom. The van der Waals surface area contributed by atoms with E-state index in [4.69, 9.17) is 4.74 Å². The van der Waals surface area contributed by atoms with Crippen LogP contribution in [0.3, 0.4) is 0 Å². The van der Waals surface area contributed by atoms with Gasteiger partial charge in [0.25, 0.3) is 0 Å². The van der Waals surface area contributed by atoms with Gasteiger partial charge in [0.05, 0.1) is 7.11 Å². The molecular formula is C14H24N2O. The molecule has 2 N–H and O–H groups in total. The Labute approximate surface area is 105 Å². The molecule has 3 nitrogen and oxygen atoms in total. The van der Waals surface area contributed by atoms with E-state index >= 15 is 0 Å². The zero-order chi connectivity index (χ0) is 12.7. The highest BCUT2D eigenvalue weighted by Gasteiger charge is 2.06. The van der Waals surface area contributed by atoms with Crippen LogP contribution in [0.25, 0.3) is 0 Å². The molecule has 0 spiro atoms. The van der Waals surface area contributed by atoms with Crippen molar-refractivity contribution in [3.63, 3.8) is 0 Å². The molecule has 1 aromatic carbocycles. The Hall–Kier alpha value is -1.06. The van der Waals surface area contributed by atoms with E-state index in [0.29, 0.717) is 5.92 Å². The summed E-state index contributed by atoms with van der Waals surface area (Å²) in [7, 11) is 3.68. The van der Waals surface area contributed by atoms with E-state index < -0.39 is 0 Å². The first-order chi connectivity index (χ1) is 8.19. The van der Waals surface area contributed by atoms with Crippen LogP contribution in [0.15, 0.2) is 18.2 Å². The summed E-state index contributed by atoms with van der Waals surface area (Å²) in [6.07, 6.45) is 0.989. The van der Waals surface area contributed by atoms with Crippen LogP contribution in [0.4, 0.5) is 0 Å². The van der Waals surface area contributed by atoms with Crippen LogP contribution in [0, 0.1) is 0 Å². The molecule has 0 fully saturated rings. The standard InChI is InChI=1S/C14H24N2O/c1-11(2)13-6-5-12(14(9-13)17-4)7-8-16-10-15-3/h5-6,9,11,15-16H,7-8,10H2,1-4H3. The summed E-state index contributed by atoms with van der Waals surface area (Å²) in [4.78, 5) is 0. The molecular weight excluding hydrogens is 212 g/mol. The first-order valence-corrected chi connectivity index (χ1v) is 6.21. The number of benzene rings is 1. The molecule has 1 aromatic rings. The lowest BCUT2D eigenvalue weighted by Crippen LogP contribution is -2.27. The van der Waals surface area contributed by atoms with E-state index in [-0.39, 0.29) is 0 Å². The zero-order valence-corrected chi connectivity index (χ0v) is 11.3. The van der Waals surface area contributed by atoms with Gasteiger partial charge in [0.15, 0.2) is 0 Å². The van der Waals surface area contributed by atoms with E-state index in [0.717, 1.165) is 25.4 Å². The number of rotatable bonds is 7. The number of ether oxygens (including phenoxy) is 1. The molecule has 0 unspecified atom stereocenters. The third kappa shape index (κ3) is 4.36. The van der Waals surface area contributed by atoms with E-state index in [1.165, 1.54) is 11.1 Å². The second-order valence-corrected chi connectivity index (χ2v) is 4.51. The van der Waals surface area contributed by atoms with Gasteiger partial charge in [-0.05, 0) is 36.6 Å². The van der Waals surface area contributed by atoms with Crippen molar-refractivity contribution in [2.24, 2.45) is 0 Å². The molecule has 3 heteroatoms. The first-order valence-electron chi connectivity index (χ1n) is 6.21. The van der Waals surface area contributed by atoms with Gasteiger partial charge in [0.2, 0.25) is 0 Å². The fourth-order valence-corrected chi connectivity index (χ4v) is 1.76. The van der Waals surface area contributed by atoms with E-state index in [2.05, 4.69) is 42.7 Å². The Kier molecular flexibility index (Phi) is 6.01. The molecule has 0 radical (unpaired) electrons. The van der Waals surface area contributed by atoms with Gasteiger partial charge in [-0.15, -0.1) is 0 Å². The molecule has 0 aromatic heterocycles. The second kappa shape index (κ2) is 7.30. The normalized spacial score (nSPS) is 10.9. The topological polar surface area (TPSA) is 33.3 Å². The van der Waals surface area contributed by atoms with E-state index in [9.17, 15) is 0 Å². The Balaban J connectivity index is 2.65. The summed E-state index contributed by atoms with van der Waals surface area (Å²) >= 11 is 0. The molecule has 0 saturated carbocycles. The van der Waals surface area contributed by atoms with Crippen LogP contribution in [0.1, 0.15) is 30.9 Å². The van der Waals surface area contributed by atoms with Crippen molar-refractivity contribution in [2.45, 2.75) is 26.2 Å². The highest BCUT2D eigenvalue weighted by molar-refractivity contribution is 5.38. The van der Waals surface area contributed by atoms with Crippen molar-refractivity contribution in [2.75, 3.05) is 27.4 Å². The average molecular weight is 236 g/mol. The van der Waals surface area contributed by atoms with Crippen LogP contribution < -0.4 is 15.4 Å². The summed E-state index contributed by atoms with van der Waals surface area (Å²) in [5.41, 5.74) is 2.59. The van der Waals surface area contributed by atoms with Crippen molar-refractivity contribution in [1.82, 2.24) is 10.6 Å². The molecule has 0 saturated heterocycles. The Bertz CT molecular complexity index is 337. The number of hydrogen-bond acceptors (Lipinski definition) is 3. The van der Waals surface area contributed by atoms with Crippen molar-refractivity contribution >= 4 is 0 Å².